The lowest BCUT2D eigenvalue weighted by molar-refractivity contribution is 0.568. The summed E-state index contributed by atoms with van der Waals surface area (Å²) in [5.74, 6) is 0.310. The lowest BCUT2D eigenvalue weighted by Gasteiger charge is -2.16. The van der Waals surface area contributed by atoms with Gasteiger partial charge in [-0.2, -0.15) is 0 Å². The molecule has 0 fully saturated rings. The minimum absolute atomic E-state index is 0.111. The van der Waals surface area contributed by atoms with Gasteiger partial charge in [0.05, 0.1) is 10.7 Å². The Balaban J connectivity index is 2.19. The number of benzene rings is 1. The van der Waals surface area contributed by atoms with Crippen molar-refractivity contribution in [1.29, 1.82) is 0 Å². The van der Waals surface area contributed by atoms with E-state index in [0.717, 1.165) is 10.9 Å². The van der Waals surface area contributed by atoms with Crippen molar-refractivity contribution in [2.75, 3.05) is 6.54 Å². The smallest absolute Gasteiger partial charge is 0.0935 e. The third kappa shape index (κ3) is 3.68. The third-order valence-corrected chi connectivity index (χ3v) is 4.96. The molecular weight excluding hydrogens is 332 g/mol. The average molecular weight is 353 g/mol. The maximum absolute atomic E-state index is 5.97. The Morgan fingerprint density at radius 1 is 1.30 bits per heavy atom. The largest absolute Gasteiger partial charge is 0.330 e. The maximum atomic E-state index is 5.97. The molecule has 0 bridgehead atoms. The molecule has 0 aliphatic heterocycles. The van der Waals surface area contributed by atoms with Crippen LogP contribution in [0.5, 0.6) is 0 Å². The number of aromatic nitrogens is 1. The molecule has 0 radical (unpaired) electrons. The molecule has 0 amide bonds. The number of nitrogens with zero attached hydrogens (tertiary/aromatic N) is 1. The molecule has 1 atom stereocenters. The second-order valence-electron chi connectivity index (χ2n) is 6.03. The third-order valence-electron chi connectivity index (χ3n) is 3.37. The second kappa shape index (κ2) is 6.37. The molecule has 20 heavy (non-hydrogen) atoms. The summed E-state index contributed by atoms with van der Waals surface area (Å²) in [5.41, 5.74) is 8.51. The van der Waals surface area contributed by atoms with Gasteiger partial charge in [0, 0.05) is 27.6 Å². The maximum Gasteiger partial charge on any atom is 0.0935 e. The van der Waals surface area contributed by atoms with Gasteiger partial charge in [-0.15, -0.1) is 11.3 Å². The van der Waals surface area contributed by atoms with Crippen molar-refractivity contribution in [3.05, 3.63) is 50.4 Å². The molecule has 0 aliphatic carbocycles. The lowest BCUT2D eigenvalue weighted by Crippen LogP contribution is -2.16. The number of thiazole rings is 1. The van der Waals surface area contributed by atoms with Crippen molar-refractivity contribution in [2.45, 2.75) is 38.5 Å². The number of nitrogens with two attached hydrogens (primary N) is 1. The van der Waals surface area contributed by atoms with E-state index in [2.05, 4.69) is 60.3 Å². The first-order valence-electron chi connectivity index (χ1n) is 6.81. The zero-order chi connectivity index (χ0) is 14.8. The number of rotatable bonds is 4. The molecule has 0 saturated heterocycles. The van der Waals surface area contributed by atoms with Crippen LogP contribution in [0, 0.1) is 0 Å². The average Bonchev–Trinajstić information content (AvgIpc) is 2.85. The number of halogens is 1. The molecule has 1 aromatic carbocycles. The molecule has 4 heteroatoms. The van der Waals surface area contributed by atoms with Gasteiger partial charge < -0.3 is 5.73 Å². The first-order valence-corrected chi connectivity index (χ1v) is 8.48. The molecule has 2 N–H and O–H groups in total. The van der Waals surface area contributed by atoms with Gasteiger partial charge in [-0.25, -0.2) is 4.98 Å². The van der Waals surface area contributed by atoms with Crippen LogP contribution in [0.4, 0.5) is 0 Å². The van der Waals surface area contributed by atoms with E-state index < -0.39 is 0 Å². The highest BCUT2D eigenvalue weighted by Crippen LogP contribution is 2.30. The summed E-state index contributed by atoms with van der Waals surface area (Å²) in [4.78, 5) is 4.77. The summed E-state index contributed by atoms with van der Waals surface area (Å²) in [6.07, 6.45) is 0.903. The quantitative estimate of drug-likeness (QED) is 0.880. The van der Waals surface area contributed by atoms with Crippen molar-refractivity contribution in [1.82, 2.24) is 4.98 Å². The molecular formula is C16H21BrN2S. The van der Waals surface area contributed by atoms with Crippen molar-refractivity contribution < 1.29 is 0 Å². The number of hydrogen-bond donors (Lipinski definition) is 1. The van der Waals surface area contributed by atoms with Gasteiger partial charge >= 0.3 is 0 Å². The van der Waals surface area contributed by atoms with E-state index in [9.17, 15) is 0 Å². The van der Waals surface area contributed by atoms with Gasteiger partial charge in [-0.3, -0.25) is 0 Å². The molecule has 1 unspecified atom stereocenters. The van der Waals surface area contributed by atoms with Gasteiger partial charge in [0.1, 0.15) is 0 Å². The Bertz CT molecular complexity index is 572. The van der Waals surface area contributed by atoms with Gasteiger partial charge in [0.15, 0.2) is 0 Å². The van der Waals surface area contributed by atoms with Crippen LogP contribution < -0.4 is 5.73 Å². The summed E-state index contributed by atoms with van der Waals surface area (Å²) < 4.78 is 1.13. The summed E-state index contributed by atoms with van der Waals surface area (Å²) in [7, 11) is 0. The molecule has 1 heterocycles. The Morgan fingerprint density at radius 3 is 2.55 bits per heavy atom. The van der Waals surface area contributed by atoms with E-state index in [0.29, 0.717) is 12.5 Å². The minimum Gasteiger partial charge on any atom is -0.330 e. The summed E-state index contributed by atoms with van der Waals surface area (Å²) in [6, 6.07) is 8.30. The Labute approximate surface area is 133 Å². The SMILES string of the molecule is CC(C)(C)c1csc(CC(CN)c2ccccc2Br)n1. The fourth-order valence-corrected chi connectivity index (χ4v) is 3.80. The van der Waals surface area contributed by atoms with Gasteiger partial charge in [0.2, 0.25) is 0 Å². The molecule has 108 valence electrons. The van der Waals surface area contributed by atoms with Crippen LogP contribution in [-0.2, 0) is 11.8 Å². The molecule has 2 rings (SSSR count). The molecule has 0 spiro atoms. The highest BCUT2D eigenvalue weighted by atomic mass is 79.9. The van der Waals surface area contributed by atoms with E-state index in [4.69, 9.17) is 10.7 Å². The highest BCUT2D eigenvalue weighted by molar-refractivity contribution is 9.10. The molecule has 0 aliphatic rings. The van der Waals surface area contributed by atoms with Crippen molar-refractivity contribution >= 4 is 27.3 Å². The summed E-state index contributed by atoms with van der Waals surface area (Å²) in [6.45, 7) is 7.22. The van der Waals surface area contributed by atoms with E-state index in [-0.39, 0.29) is 5.41 Å². The van der Waals surface area contributed by atoms with Gasteiger partial charge in [0.25, 0.3) is 0 Å². The van der Waals surface area contributed by atoms with E-state index in [1.807, 2.05) is 6.07 Å². The molecule has 0 saturated carbocycles. The zero-order valence-corrected chi connectivity index (χ0v) is 14.6. The predicted molar refractivity (Wildman–Crippen MR) is 90.5 cm³/mol. The zero-order valence-electron chi connectivity index (χ0n) is 12.2. The Kier molecular flexibility index (Phi) is 4.99. The fraction of sp³-hybridized carbons (Fsp3) is 0.438. The summed E-state index contributed by atoms with van der Waals surface area (Å²) >= 11 is 5.35. The predicted octanol–water partition coefficient (Wildman–Crippen LogP) is 4.49. The second-order valence-corrected chi connectivity index (χ2v) is 7.83. The van der Waals surface area contributed by atoms with Crippen molar-refractivity contribution in [2.24, 2.45) is 5.73 Å². The van der Waals surface area contributed by atoms with Crippen molar-refractivity contribution in [3.8, 4) is 0 Å². The highest BCUT2D eigenvalue weighted by Gasteiger charge is 2.20. The van der Waals surface area contributed by atoms with Crippen molar-refractivity contribution in [3.63, 3.8) is 0 Å². The first-order chi connectivity index (χ1) is 9.41. The van der Waals surface area contributed by atoms with Crippen LogP contribution >= 0.6 is 27.3 Å². The van der Waals surface area contributed by atoms with Gasteiger partial charge in [-0.05, 0) is 18.2 Å². The summed E-state index contributed by atoms with van der Waals surface area (Å²) in [5, 5.41) is 3.34. The standard InChI is InChI=1S/C16H21BrN2S/c1-16(2,3)14-10-20-15(19-14)8-11(9-18)12-6-4-5-7-13(12)17/h4-7,10-11H,8-9,18H2,1-3H3. The minimum atomic E-state index is 0.111. The van der Waals surface area contributed by atoms with E-state index in [1.54, 1.807) is 11.3 Å². The monoisotopic (exact) mass is 352 g/mol. The Morgan fingerprint density at radius 2 is 2.00 bits per heavy atom. The number of hydrogen-bond acceptors (Lipinski definition) is 3. The van der Waals surface area contributed by atoms with Crippen LogP contribution in [-0.4, -0.2) is 11.5 Å². The molecule has 1 aromatic heterocycles. The lowest BCUT2D eigenvalue weighted by atomic mass is 9.93. The fourth-order valence-electron chi connectivity index (χ4n) is 2.09. The van der Waals surface area contributed by atoms with Crippen LogP contribution in [0.2, 0.25) is 0 Å². The van der Waals surface area contributed by atoms with Crippen LogP contribution in [0.25, 0.3) is 0 Å². The van der Waals surface area contributed by atoms with Gasteiger partial charge in [-0.1, -0.05) is 54.9 Å². The topological polar surface area (TPSA) is 38.9 Å². The van der Waals surface area contributed by atoms with Crippen LogP contribution in [0.1, 0.15) is 43.0 Å². The molecule has 2 aromatic rings. The van der Waals surface area contributed by atoms with E-state index in [1.165, 1.54) is 16.3 Å². The Hall–Kier alpha value is -0.710. The van der Waals surface area contributed by atoms with E-state index >= 15 is 0 Å². The van der Waals surface area contributed by atoms with Crippen LogP contribution in [0.15, 0.2) is 34.1 Å². The first kappa shape index (κ1) is 15.7. The normalized spacial score (nSPS) is 13.4. The molecule has 2 nitrogen and oxygen atoms in total. The van der Waals surface area contributed by atoms with Crippen LogP contribution in [0.3, 0.4) is 0 Å².